The van der Waals surface area contributed by atoms with Crippen molar-refractivity contribution in [2.24, 2.45) is 5.92 Å². The van der Waals surface area contributed by atoms with E-state index in [1.807, 2.05) is 23.2 Å². The number of amides is 1. The zero-order valence-corrected chi connectivity index (χ0v) is 13.5. The molecule has 2 aromatic rings. The number of piperazine rings is 1. The minimum Gasteiger partial charge on any atom is -0.361 e. The molecule has 1 aliphatic rings. The van der Waals surface area contributed by atoms with Crippen LogP contribution in [0.15, 0.2) is 24.5 Å². The number of carbonyl (C=O) groups is 1. The highest BCUT2D eigenvalue weighted by molar-refractivity contribution is 6.04. The molecule has 3 rings (SSSR count). The lowest BCUT2D eigenvalue weighted by molar-refractivity contribution is 0.0456. The van der Waals surface area contributed by atoms with Crippen LogP contribution in [0.1, 0.15) is 30.8 Å². The first-order chi connectivity index (χ1) is 10.6. The number of nitrogens with one attached hydrogen (secondary N) is 1. The number of likely N-dealkylation sites (N-methyl/N-ethyl adjacent to an activating group) is 1. The number of hydrogen-bond donors (Lipinski definition) is 1. The van der Waals surface area contributed by atoms with E-state index in [4.69, 9.17) is 0 Å². The van der Waals surface area contributed by atoms with Crippen LogP contribution in [0.2, 0.25) is 0 Å². The molecule has 118 valence electrons. The average Bonchev–Trinajstić information content (AvgIpc) is 2.94. The quantitative estimate of drug-likeness (QED) is 0.947. The van der Waals surface area contributed by atoms with Gasteiger partial charge in [-0.05, 0) is 31.5 Å². The molecule has 0 bridgehead atoms. The zero-order chi connectivity index (χ0) is 15.7. The van der Waals surface area contributed by atoms with Gasteiger partial charge in [0.2, 0.25) is 0 Å². The number of aromatic nitrogens is 2. The molecule has 5 heteroatoms. The third kappa shape index (κ3) is 2.86. The van der Waals surface area contributed by atoms with Gasteiger partial charge in [-0.2, -0.15) is 0 Å². The Morgan fingerprint density at radius 3 is 3.00 bits per heavy atom. The molecule has 2 aromatic heterocycles. The van der Waals surface area contributed by atoms with Crippen molar-refractivity contribution in [2.45, 2.75) is 26.3 Å². The van der Waals surface area contributed by atoms with Gasteiger partial charge in [-0.25, -0.2) is 0 Å². The van der Waals surface area contributed by atoms with Gasteiger partial charge in [-0.1, -0.05) is 13.8 Å². The molecule has 1 amide bonds. The van der Waals surface area contributed by atoms with E-state index in [2.05, 4.69) is 35.8 Å². The van der Waals surface area contributed by atoms with Crippen LogP contribution in [0, 0.1) is 5.92 Å². The summed E-state index contributed by atoms with van der Waals surface area (Å²) in [4.78, 5) is 24.9. The minimum atomic E-state index is 0.0592. The SMILES string of the molecule is CC(C)CC1CN(C)CCN1C(=O)c1nccc2[nH]ccc12. The Morgan fingerprint density at radius 1 is 1.41 bits per heavy atom. The third-order valence-corrected chi connectivity index (χ3v) is 4.37. The lowest BCUT2D eigenvalue weighted by atomic mass is 9.99. The Balaban J connectivity index is 1.90. The minimum absolute atomic E-state index is 0.0592. The lowest BCUT2D eigenvalue weighted by Crippen LogP contribution is -2.54. The molecule has 1 aliphatic heterocycles. The van der Waals surface area contributed by atoms with E-state index in [0.717, 1.165) is 37.0 Å². The van der Waals surface area contributed by atoms with Crippen LogP contribution in [0.4, 0.5) is 0 Å². The van der Waals surface area contributed by atoms with Crippen molar-refractivity contribution in [2.75, 3.05) is 26.7 Å². The smallest absolute Gasteiger partial charge is 0.273 e. The van der Waals surface area contributed by atoms with E-state index in [1.165, 1.54) is 0 Å². The fourth-order valence-corrected chi connectivity index (χ4v) is 3.31. The highest BCUT2D eigenvalue weighted by atomic mass is 16.2. The average molecular weight is 300 g/mol. The van der Waals surface area contributed by atoms with E-state index >= 15 is 0 Å². The normalized spacial score (nSPS) is 20.0. The maximum absolute atomic E-state index is 13.0. The van der Waals surface area contributed by atoms with Gasteiger partial charge in [0.15, 0.2) is 0 Å². The molecule has 0 aromatic carbocycles. The summed E-state index contributed by atoms with van der Waals surface area (Å²) in [6, 6.07) is 4.10. The summed E-state index contributed by atoms with van der Waals surface area (Å²) in [5.74, 6) is 0.631. The number of hydrogen-bond acceptors (Lipinski definition) is 3. The van der Waals surface area contributed by atoms with Crippen LogP contribution in [0.25, 0.3) is 10.9 Å². The Hall–Kier alpha value is -1.88. The second-order valence-electron chi connectivity index (χ2n) is 6.64. The van der Waals surface area contributed by atoms with E-state index < -0.39 is 0 Å². The van der Waals surface area contributed by atoms with E-state index in [0.29, 0.717) is 11.6 Å². The van der Waals surface area contributed by atoms with Crippen molar-refractivity contribution in [3.8, 4) is 0 Å². The van der Waals surface area contributed by atoms with E-state index in [1.54, 1.807) is 6.20 Å². The molecular weight excluding hydrogens is 276 g/mol. The Labute approximate surface area is 131 Å². The molecule has 1 saturated heterocycles. The second-order valence-corrected chi connectivity index (χ2v) is 6.64. The summed E-state index contributed by atoms with van der Waals surface area (Å²) < 4.78 is 0. The van der Waals surface area contributed by atoms with Gasteiger partial charge in [0.05, 0.1) is 0 Å². The molecule has 1 unspecified atom stereocenters. The number of aromatic amines is 1. The predicted octanol–water partition coefficient (Wildman–Crippen LogP) is 2.37. The zero-order valence-electron chi connectivity index (χ0n) is 13.5. The van der Waals surface area contributed by atoms with Crippen LogP contribution in [0.5, 0.6) is 0 Å². The van der Waals surface area contributed by atoms with Crippen molar-refractivity contribution in [1.29, 1.82) is 0 Å². The van der Waals surface area contributed by atoms with Gasteiger partial charge in [-0.15, -0.1) is 0 Å². The van der Waals surface area contributed by atoms with E-state index in [9.17, 15) is 4.79 Å². The molecule has 1 N–H and O–H groups in total. The van der Waals surface area contributed by atoms with Gasteiger partial charge in [0, 0.05) is 49.0 Å². The maximum atomic E-state index is 13.0. The fourth-order valence-electron chi connectivity index (χ4n) is 3.31. The van der Waals surface area contributed by atoms with Gasteiger partial charge in [0.1, 0.15) is 5.69 Å². The van der Waals surface area contributed by atoms with Crippen molar-refractivity contribution >= 4 is 16.8 Å². The van der Waals surface area contributed by atoms with Crippen LogP contribution < -0.4 is 0 Å². The number of carbonyl (C=O) groups excluding carboxylic acids is 1. The first kappa shape index (κ1) is 15.0. The highest BCUT2D eigenvalue weighted by Gasteiger charge is 2.31. The van der Waals surface area contributed by atoms with Gasteiger partial charge >= 0.3 is 0 Å². The Kier molecular flexibility index (Phi) is 4.16. The molecule has 0 radical (unpaired) electrons. The molecule has 0 saturated carbocycles. The largest absolute Gasteiger partial charge is 0.361 e. The Morgan fingerprint density at radius 2 is 2.23 bits per heavy atom. The first-order valence-corrected chi connectivity index (χ1v) is 7.98. The van der Waals surface area contributed by atoms with E-state index in [-0.39, 0.29) is 11.9 Å². The highest BCUT2D eigenvalue weighted by Crippen LogP contribution is 2.22. The van der Waals surface area contributed by atoms with Crippen molar-refractivity contribution in [3.05, 3.63) is 30.2 Å². The number of H-pyrrole nitrogens is 1. The first-order valence-electron chi connectivity index (χ1n) is 7.98. The van der Waals surface area contributed by atoms with Gasteiger partial charge in [-0.3, -0.25) is 9.78 Å². The molecule has 0 spiro atoms. The van der Waals surface area contributed by atoms with Crippen molar-refractivity contribution in [1.82, 2.24) is 19.8 Å². The summed E-state index contributed by atoms with van der Waals surface area (Å²) in [5, 5.41) is 0.912. The summed E-state index contributed by atoms with van der Waals surface area (Å²) in [7, 11) is 2.13. The monoisotopic (exact) mass is 300 g/mol. The summed E-state index contributed by atoms with van der Waals surface area (Å²) in [6.45, 7) is 7.05. The van der Waals surface area contributed by atoms with Gasteiger partial charge in [0.25, 0.3) is 5.91 Å². The van der Waals surface area contributed by atoms with Crippen LogP contribution in [-0.4, -0.2) is 58.4 Å². The number of rotatable bonds is 3. The molecule has 0 aliphatic carbocycles. The van der Waals surface area contributed by atoms with Crippen LogP contribution >= 0.6 is 0 Å². The summed E-state index contributed by atoms with van der Waals surface area (Å²) >= 11 is 0. The summed E-state index contributed by atoms with van der Waals surface area (Å²) in [6.07, 6.45) is 4.59. The lowest BCUT2D eigenvalue weighted by Gasteiger charge is -2.40. The predicted molar refractivity (Wildman–Crippen MR) is 87.9 cm³/mol. The van der Waals surface area contributed by atoms with Gasteiger partial charge < -0.3 is 14.8 Å². The number of nitrogens with zero attached hydrogens (tertiary/aromatic N) is 3. The third-order valence-electron chi connectivity index (χ3n) is 4.37. The van der Waals surface area contributed by atoms with Crippen molar-refractivity contribution < 1.29 is 4.79 Å². The van der Waals surface area contributed by atoms with Crippen LogP contribution in [0.3, 0.4) is 0 Å². The molecule has 1 atom stereocenters. The molecule has 22 heavy (non-hydrogen) atoms. The Bertz CT molecular complexity index is 661. The molecule has 3 heterocycles. The number of fused-ring (bicyclic) bond motifs is 1. The maximum Gasteiger partial charge on any atom is 0.273 e. The standard InChI is InChI=1S/C17H24N4O/c1-12(2)10-13-11-20(3)8-9-21(13)17(22)16-14-4-6-18-15(14)5-7-19-16/h4-7,12-13,18H,8-11H2,1-3H3. The van der Waals surface area contributed by atoms with Crippen molar-refractivity contribution in [3.63, 3.8) is 0 Å². The summed E-state index contributed by atoms with van der Waals surface area (Å²) in [5.41, 5.74) is 1.53. The second kappa shape index (κ2) is 6.08. The number of pyridine rings is 1. The van der Waals surface area contributed by atoms with Crippen LogP contribution in [-0.2, 0) is 0 Å². The fraction of sp³-hybridized carbons (Fsp3) is 0.529. The topological polar surface area (TPSA) is 52.2 Å². The molecular formula is C17H24N4O. The molecule has 5 nitrogen and oxygen atoms in total. The molecule has 1 fully saturated rings.